The number of hydrogen-bond acceptors (Lipinski definition) is 5. The molecule has 0 unspecified atom stereocenters. The molecule has 0 atom stereocenters. The number of carbonyl (C=O) groups excluding carboxylic acids is 1. The third-order valence-electron chi connectivity index (χ3n) is 5.34. The number of aryl methyl sites for hydroxylation is 1. The largest absolute Gasteiger partial charge is 0.497 e. The summed E-state index contributed by atoms with van der Waals surface area (Å²) in [5, 5.41) is 6.32. The summed E-state index contributed by atoms with van der Waals surface area (Å²) in [6.45, 7) is 4.10. The van der Waals surface area contributed by atoms with Crippen LogP contribution in [0.1, 0.15) is 44.2 Å². The highest BCUT2D eigenvalue weighted by Gasteiger charge is 2.38. The van der Waals surface area contributed by atoms with Crippen molar-refractivity contribution in [1.29, 1.82) is 0 Å². The van der Waals surface area contributed by atoms with E-state index in [1.807, 2.05) is 42.5 Å². The zero-order valence-electron chi connectivity index (χ0n) is 18.4. The van der Waals surface area contributed by atoms with E-state index in [9.17, 15) is 4.79 Å². The van der Waals surface area contributed by atoms with E-state index in [1.54, 1.807) is 26.3 Å². The van der Waals surface area contributed by atoms with E-state index in [-0.39, 0.29) is 11.4 Å². The van der Waals surface area contributed by atoms with Gasteiger partial charge in [-0.1, -0.05) is 18.2 Å². The van der Waals surface area contributed by atoms with Crippen LogP contribution >= 0.6 is 0 Å². The molecule has 0 aromatic heterocycles. The van der Waals surface area contributed by atoms with Crippen molar-refractivity contribution in [3.8, 4) is 17.2 Å². The fraction of sp³-hybridized carbons (Fsp3) is 0.417. The minimum Gasteiger partial charge on any atom is -0.497 e. The summed E-state index contributed by atoms with van der Waals surface area (Å²) in [6, 6.07) is 13.7. The van der Waals surface area contributed by atoms with Crippen LogP contribution < -0.4 is 14.2 Å². The first-order valence-corrected chi connectivity index (χ1v) is 10.1. The predicted molar refractivity (Wildman–Crippen MR) is 118 cm³/mol. The van der Waals surface area contributed by atoms with Gasteiger partial charge in [-0.15, -0.1) is 0 Å². The maximum atomic E-state index is 12.9. The van der Waals surface area contributed by atoms with E-state index in [2.05, 4.69) is 18.9 Å². The Morgan fingerprint density at radius 1 is 1.03 bits per heavy atom. The van der Waals surface area contributed by atoms with Crippen LogP contribution in [0.3, 0.4) is 0 Å². The number of ether oxygens (including phenoxy) is 3. The lowest BCUT2D eigenvalue weighted by Crippen LogP contribution is -2.40. The molecule has 0 saturated heterocycles. The number of hydrazone groups is 1. The highest BCUT2D eigenvalue weighted by Crippen LogP contribution is 2.32. The molecule has 0 bridgehead atoms. The molecule has 1 aliphatic rings. The van der Waals surface area contributed by atoms with Crippen molar-refractivity contribution in [3.05, 3.63) is 53.6 Å². The van der Waals surface area contributed by atoms with Crippen LogP contribution in [0.2, 0.25) is 0 Å². The van der Waals surface area contributed by atoms with Crippen LogP contribution in [-0.2, 0) is 11.2 Å². The van der Waals surface area contributed by atoms with E-state index >= 15 is 0 Å². The summed E-state index contributed by atoms with van der Waals surface area (Å²) in [5.41, 5.74) is 2.66. The van der Waals surface area contributed by atoms with Crippen molar-refractivity contribution in [2.45, 2.75) is 45.1 Å². The molecule has 1 amide bonds. The molecule has 1 heterocycles. The maximum absolute atomic E-state index is 12.9. The zero-order valence-corrected chi connectivity index (χ0v) is 18.4. The van der Waals surface area contributed by atoms with Crippen LogP contribution in [0.25, 0.3) is 0 Å². The quantitative estimate of drug-likeness (QED) is 0.645. The lowest BCUT2D eigenvalue weighted by atomic mass is 9.94. The van der Waals surface area contributed by atoms with Gasteiger partial charge in [0, 0.05) is 18.4 Å². The Morgan fingerprint density at radius 2 is 1.80 bits per heavy atom. The minimum atomic E-state index is -0.348. The summed E-state index contributed by atoms with van der Waals surface area (Å²) in [5.74, 6) is 2.23. The smallest absolute Gasteiger partial charge is 0.243 e. The molecule has 30 heavy (non-hydrogen) atoms. The average Bonchev–Trinajstić information content (AvgIpc) is 3.08. The predicted octanol–water partition coefficient (Wildman–Crippen LogP) is 4.45. The van der Waals surface area contributed by atoms with Crippen LogP contribution in [0, 0.1) is 0 Å². The zero-order chi connectivity index (χ0) is 21.7. The standard InChI is InChI=1S/C24H30N2O4/c1-24(2)16-20(18-9-7-10-19(15-18)28-3)25-26(24)23(27)11-6-8-17-12-13-21(29-4)22(14-17)30-5/h7,9-10,12-15H,6,8,11,16H2,1-5H3. The number of rotatable bonds is 8. The van der Waals surface area contributed by atoms with Crippen molar-refractivity contribution >= 4 is 11.6 Å². The second-order valence-electron chi connectivity index (χ2n) is 8.02. The summed E-state index contributed by atoms with van der Waals surface area (Å²) in [6.07, 6.45) is 2.67. The fourth-order valence-electron chi connectivity index (χ4n) is 3.72. The van der Waals surface area contributed by atoms with Gasteiger partial charge in [-0.05, 0) is 56.5 Å². The monoisotopic (exact) mass is 410 g/mol. The SMILES string of the molecule is COc1cccc(C2=NN(C(=O)CCCc3ccc(OC)c(OC)c3)C(C)(C)C2)c1. The molecule has 0 N–H and O–H groups in total. The Bertz CT molecular complexity index is 937. The highest BCUT2D eigenvalue weighted by atomic mass is 16.5. The number of benzene rings is 2. The van der Waals surface area contributed by atoms with Gasteiger partial charge in [-0.25, -0.2) is 5.01 Å². The number of hydrogen-bond donors (Lipinski definition) is 0. The Balaban J connectivity index is 1.65. The van der Waals surface area contributed by atoms with Crippen LogP contribution in [0.4, 0.5) is 0 Å². The molecular weight excluding hydrogens is 380 g/mol. The van der Waals surface area contributed by atoms with Crippen molar-refractivity contribution in [3.63, 3.8) is 0 Å². The molecule has 2 aromatic carbocycles. The molecule has 1 aliphatic heterocycles. The number of carbonyl (C=O) groups is 1. The van der Waals surface area contributed by atoms with Crippen LogP contribution in [-0.4, -0.2) is 43.5 Å². The van der Waals surface area contributed by atoms with Gasteiger partial charge in [0.1, 0.15) is 5.75 Å². The van der Waals surface area contributed by atoms with E-state index in [1.165, 1.54) is 0 Å². The number of amides is 1. The molecule has 0 radical (unpaired) electrons. The van der Waals surface area contributed by atoms with Gasteiger partial charge in [-0.3, -0.25) is 4.79 Å². The second-order valence-corrected chi connectivity index (χ2v) is 8.02. The van der Waals surface area contributed by atoms with Gasteiger partial charge in [0.05, 0.1) is 32.6 Å². The molecule has 2 aromatic rings. The lowest BCUT2D eigenvalue weighted by Gasteiger charge is -2.28. The molecule has 160 valence electrons. The number of methoxy groups -OCH3 is 3. The summed E-state index contributed by atoms with van der Waals surface area (Å²) in [7, 11) is 4.89. The van der Waals surface area contributed by atoms with Crippen molar-refractivity contribution in [1.82, 2.24) is 5.01 Å². The first-order valence-electron chi connectivity index (χ1n) is 10.1. The van der Waals surface area contributed by atoms with Gasteiger partial charge in [0.2, 0.25) is 5.91 Å². The molecule has 0 fully saturated rings. The van der Waals surface area contributed by atoms with E-state index in [0.29, 0.717) is 24.3 Å². The second kappa shape index (κ2) is 9.20. The van der Waals surface area contributed by atoms with Crippen LogP contribution in [0.5, 0.6) is 17.2 Å². The van der Waals surface area contributed by atoms with Crippen LogP contribution in [0.15, 0.2) is 47.6 Å². The molecule has 0 aliphatic carbocycles. The summed E-state index contributed by atoms with van der Waals surface area (Å²) in [4.78, 5) is 12.9. The van der Waals surface area contributed by atoms with Crippen molar-refractivity contribution in [2.24, 2.45) is 5.10 Å². The normalized spacial score (nSPS) is 15.0. The molecule has 0 saturated carbocycles. The number of nitrogens with zero attached hydrogens (tertiary/aromatic N) is 2. The third-order valence-corrected chi connectivity index (χ3v) is 5.34. The summed E-state index contributed by atoms with van der Waals surface area (Å²) < 4.78 is 15.9. The Morgan fingerprint density at radius 3 is 2.50 bits per heavy atom. The molecular formula is C24H30N2O4. The van der Waals surface area contributed by atoms with Gasteiger partial charge in [0.25, 0.3) is 0 Å². The van der Waals surface area contributed by atoms with Crippen molar-refractivity contribution < 1.29 is 19.0 Å². The Hall–Kier alpha value is -3.02. The first kappa shape index (κ1) is 21.7. The minimum absolute atomic E-state index is 0.0402. The van der Waals surface area contributed by atoms with E-state index in [0.717, 1.165) is 35.4 Å². The molecule has 6 nitrogen and oxygen atoms in total. The molecule has 0 spiro atoms. The lowest BCUT2D eigenvalue weighted by molar-refractivity contribution is -0.135. The van der Waals surface area contributed by atoms with Gasteiger partial charge < -0.3 is 14.2 Å². The van der Waals surface area contributed by atoms with Crippen molar-refractivity contribution in [2.75, 3.05) is 21.3 Å². The van der Waals surface area contributed by atoms with E-state index < -0.39 is 0 Å². The first-order chi connectivity index (χ1) is 14.4. The third kappa shape index (κ3) is 4.75. The Kier molecular flexibility index (Phi) is 6.65. The molecule has 6 heteroatoms. The van der Waals surface area contributed by atoms with Gasteiger partial charge in [0.15, 0.2) is 11.5 Å². The topological polar surface area (TPSA) is 60.4 Å². The maximum Gasteiger partial charge on any atom is 0.243 e. The highest BCUT2D eigenvalue weighted by molar-refractivity contribution is 6.03. The average molecular weight is 411 g/mol. The fourth-order valence-corrected chi connectivity index (χ4v) is 3.72. The summed E-state index contributed by atoms with van der Waals surface area (Å²) >= 11 is 0. The molecule has 3 rings (SSSR count). The van der Waals surface area contributed by atoms with E-state index in [4.69, 9.17) is 14.2 Å². The Labute approximate surface area is 178 Å². The van der Waals surface area contributed by atoms with Gasteiger partial charge in [-0.2, -0.15) is 5.10 Å². The van der Waals surface area contributed by atoms with Gasteiger partial charge >= 0.3 is 0 Å².